The van der Waals surface area contributed by atoms with E-state index in [0.717, 1.165) is 17.9 Å². The van der Waals surface area contributed by atoms with E-state index in [1.165, 1.54) is 6.07 Å². The van der Waals surface area contributed by atoms with Crippen LogP contribution < -0.4 is 10.1 Å². The third kappa shape index (κ3) is 4.21. The van der Waals surface area contributed by atoms with Crippen LogP contribution in [0.3, 0.4) is 0 Å². The van der Waals surface area contributed by atoms with Crippen LogP contribution in [0, 0.1) is 17.0 Å². The first-order valence-corrected chi connectivity index (χ1v) is 6.84. The first-order chi connectivity index (χ1) is 10.2. The van der Waals surface area contributed by atoms with E-state index in [2.05, 4.69) is 5.32 Å². The van der Waals surface area contributed by atoms with Crippen LogP contribution in [0.1, 0.15) is 12.0 Å². The Morgan fingerprint density at radius 3 is 2.62 bits per heavy atom. The van der Waals surface area contributed by atoms with Crippen molar-refractivity contribution in [2.75, 3.05) is 18.5 Å². The van der Waals surface area contributed by atoms with Crippen LogP contribution in [0.4, 0.5) is 11.4 Å². The van der Waals surface area contributed by atoms with E-state index in [4.69, 9.17) is 4.74 Å². The van der Waals surface area contributed by atoms with Crippen LogP contribution in [0.25, 0.3) is 0 Å². The number of nitro groups is 1. The molecule has 0 unspecified atom stereocenters. The van der Waals surface area contributed by atoms with Crippen LogP contribution in [-0.2, 0) is 0 Å². The summed E-state index contributed by atoms with van der Waals surface area (Å²) in [5, 5.41) is 14.1. The third-order valence-electron chi connectivity index (χ3n) is 3.15. The summed E-state index contributed by atoms with van der Waals surface area (Å²) in [4.78, 5) is 10.5. The van der Waals surface area contributed by atoms with Crippen LogP contribution in [0.5, 0.6) is 5.75 Å². The summed E-state index contributed by atoms with van der Waals surface area (Å²) in [5.74, 6) is 0.851. The summed E-state index contributed by atoms with van der Waals surface area (Å²) in [6.07, 6.45) is 0.816. The molecule has 0 bridgehead atoms. The van der Waals surface area contributed by atoms with Gasteiger partial charge in [-0.2, -0.15) is 0 Å². The summed E-state index contributed by atoms with van der Waals surface area (Å²) in [7, 11) is 0. The first kappa shape index (κ1) is 14.8. The Morgan fingerprint density at radius 2 is 1.90 bits per heavy atom. The zero-order valence-electron chi connectivity index (χ0n) is 11.9. The minimum Gasteiger partial charge on any atom is -0.494 e. The van der Waals surface area contributed by atoms with Crippen molar-refractivity contribution >= 4 is 11.4 Å². The van der Waals surface area contributed by atoms with Gasteiger partial charge in [-0.3, -0.25) is 10.1 Å². The number of benzene rings is 2. The zero-order chi connectivity index (χ0) is 15.1. The second kappa shape index (κ2) is 7.28. The van der Waals surface area contributed by atoms with Crippen molar-refractivity contribution in [2.24, 2.45) is 0 Å². The van der Waals surface area contributed by atoms with Crippen LogP contribution in [0.15, 0.2) is 48.5 Å². The average molecular weight is 286 g/mol. The number of nitrogens with zero attached hydrogens (tertiary/aromatic N) is 1. The number of rotatable bonds is 7. The van der Waals surface area contributed by atoms with Crippen LogP contribution in [0.2, 0.25) is 0 Å². The predicted octanol–water partition coefficient (Wildman–Crippen LogP) is 3.78. The number of nitrogens with one attached hydrogen (secondary N) is 1. The summed E-state index contributed by atoms with van der Waals surface area (Å²) < 4.78 is 5.59. The lowest BCUT2D eigenvalue weighted by Gasteiger charge is -2.10. The van der Waals surface area contributed by atoms with Crippen LogP contribution >= 0.6 is 0 Å². The highest BCUT2D eigenvalue weighted by molar-refractivity contribution is 5.59. The van der Waals surface area contributed by atoms with Gasteiger partial charge < -0.3 is 10.1 Å². The van der Waals surface area contributed by atoms with E-state index >= 15 is 0 Å². The molecule has 0 aliphatic heterocycles. The van der Waals surface area contributed by atoms with Crippen LogP contribution in [-0.4, -0.2) is 18.1 Å². The highest BCUT2D eigenvalue weighted by atomic mass is 16.6. The Hall–Kier alpha value is -2.56. The van der Waals surface area contributed by atoms with Gasteiger partial charge in [-0.15, -0.1) is 0 Å². The number of anilines is 1. The minimum atomic E-state index is -0.362. The lowest BCUT2D eigenvalue weighted by molar-refractivity contribution is -0.385. The molecule has 5 heteroatoms. The molecular formula is C16H18N2O3. The lowest BCUT2D eigenvalue weighted by Crippen LogP contribution is -2.08. The van der Waals surface area contributed by atoms with Gasteiger partial charge in [-0.1, -0.05) is 24.3 Å². The normalized spacial score (nSPS) is 10.1. The van der Waals surface area contributed by atoms with Gasteiger partial charge >= 0.3 is 0 Å². The van der Waals surface area contributed by atoms with E-state index in [0.29, 0.717) is 18.7 Å². The molecular weight excluding hydrogens is 268 g/mol. The van der Waals surface area contributed by atoms with E-state index in [9.17, 15) is 10.1 Å². The van der Waals surface area contributed by atoms with E-state index < -0.39 is 0 Å². The van der Waals surface area contributed by atoms with Crippen molar-refractivity contribution < 1.29 is 9.66 Å². The van der Waals surface area contributed by atoms with Crippen molar-refractivity contribution in [3.05, 3.63) is 64.2 Å². The molecule has 0 saturated heterocycles. The summed E-state index contributed by atoms with van der Waals surface area (Å²) in [6.45, 7) is 3.06. The molecule has 0 aliphatic rings. The molecule has 2 rings (SSSR count). The largest absolute Gasteiger partial charge is 0.494 e. The smallest absolute Gasteiger partial charge is 0.274 e. The maximum Gasteiger partial charge on any atom is 0.274 e. The Bertz CT molecular complexity index is 600. The lowest BCUT2D eigenvalue weighted by atomic mass is 10.1. The molecule has 2 aromatic carbocycles. The molecule has 5 nitrogen and oxygen atoms in total. The number of ether oxygens (including phenoxy) is 1. The summed E-state index contributed by atoms with van der Waals surface area (Å²) in [5.41, 5.74) is 1.59. The van der Waals surface area contributed by atoms with E-state index in [-0.39, 0.29) is 10.6 Å². The summed E-state index contributed by atoms with van der Waals surface area (Å²) >= 11 is 0. The topological polar surface area (TPSA) is 64.4 Å². The second-order valence-corrected chi connectivity index (χ2v) is 4.65. The Morgan fingerprint density at radius 1 is 1.14 bits per heavy atom. The molecule has 1 N–H and O–H groups in total. The molecule has 0 aromatic heterocycles. The molecule has 0 saturated carbocycles. The minimum absolute atomic E-state index is 0.139. The molecule has 0 radical (unpaired) electrons. The SMILES string of the molecule is Cc1c(NCCCOc2ccccc2)cccc1[N+](=O)[O-]. The predicted molar refractivity (Wildman–Crippen MR) is 82.9 cm³/mol. The highest BCUT2D eigenvalue weighted by Crippen LogP contribution is 2.24. The van der Waals surface area contributed by atoms with Gasteiger partial charge in [0.25, 0.3) is 5.69 Å². The molecule has 0 aliphatic carbocycles. The van der Waals surface area contributed by atoms with Crippen molar-refractivity contribution in [2.45, 2.75) is 13.3 Å². The number of nitro benzene ring substituents is 1. The number of hydrogen-bond acceptors (Lipinski definition) is 4. The van der Waals surface area contributed by atoms with Gasteiger partial charge in [0, 0.05) is 23.9 Å². The molecule has 0 fully saturated rings. The second-order valence-electron chi connectivity index (χ2n) is 4.65. The third-order valence-corrected chi connectivity index (χ3v) is 3.15. The fourth-order valence-corrected chi connectivity index (χ4v) is 2.01. The zero-order valence-corrected chi connectivity index (χ0v) is 11.9. The number of para-hydroxylation sites is 1. The Balaban J connectivity index is 1.79. The van der Waals surface area contributed by atoms with Gasteiger partial charge in [-0.05, 0) is 31.5 Å². The van der Waals surface area contributed by atoms with E-state index in [1.807, 2.05) is 36.4 Å². The monoisotopic (exact) mass is 286 g/mol. The average Bonchev–Trinajstić information content (AvgIpc) is 2.49. The fourth-order valence-electron chi connectivity index (χ4n) is 2.01. The van der Waals surface area contributed by atoms with Crippen molar-refractivity contribution in [1.82, 2.24) is 0 Å². The first-order valence-electron chi connectivity index (χ1n) is 6.84. The summed E-state index contributed by atoms with van der Waals surface area (Å²) in [6, 6.07) is 14.7. The standard InChI is InChI=1S/C16H18N2O3/c1-13-15(9-5-10-16(13)18(19)20)17-11-6-12-21-14-7-3-2-4-8-14/h2-5,7-10,17H,6,11-12H2,1H3. The van der Waals surface area contributed by atoms with Crippen molar-refractivity contribution in [3.63, 3.8) is 0 Å². The molecule has 0 spiro atoms. The van der Waals surface area contributed by atoms with Crippen molar-refractivity contribution in [3.8, 4) is 5.75 Å². The van der Waals surface area contributed by atoms with Gasteiger partial charge in [0.2, 0.25) is 0 Å². The fraction of sp³-hybridized carbons (Fsp3) is 0.250. The van der Waals surface area contributed by atoms with Gasteiger partial charge in [0.05, 0.1) is 11.5 Å². The quantitative estimate of drug-likeness (QED) is 0.478. The molecule has 2 aromatic rings. The maximum absolute atomic E-state index is 10.9. The van der Waals surface area contributed by atoms with Gasteiger partial charge in [-0.25, -0.2) is 0 Å². The molecule has 0 amide bonds. The molecule has 0 atom stereocenters. The molecule has 0 heterocycles. The highest BCUT2D eigenvalue weighted by Gasteiger charge is 2.12. The van der Waals surface area contributed by atoms with Gasteiger partial charge in [0.15, 0.2) is 0 Å². The van der Waals surface area contributed by atoms with Crippen molar-refractivity contribution in [1.29, 1.82) is 0 Å². The Kier molecular flexibility index (Phi) is 5.15. The molecule has 110 valence electrons. The van der Waals surface area contributed by atoms with E-state index in [1.54, 1.807) is 13.0 Å². The number of hydrogen-bond donors (Lipinski definition) is 1. The molecule has 21 heavy (non-hydrogen) atoms. The maximum atomic E-state index is 10.9. The Labute approximate surface area is 123 Å². The van der Waals surface area contributed by atoms with Gasteiger partial charge in [0.1, 0.15) is 5.75 Å².